The Labute approximate surface area is 102 Å². The van der Waals surface area contributed by atoms with E-state index in [1.807, 2.05) is 43.2 Å². The Bertz CT molecular complexity index is 546. The van der Waals surface area contributed by atoms with Crippen LogP contribution in [0.3, 0.4) is 0 Å². The SMILES string of the molecule is CC(=C=O)C1=C(C#Cc2ccccc2)CCC1. The highest BCUT2D eigenvalue weighted by atomic mass is 16.1. The largest absolute Gasteiger partial charge is 0.233 e. The molecule has 0 amide bonds. The molecule has 17 heavy (non-hydrogen) atoms. The van der Waals surface area contributed by atoms with Crippen molar-refractivity contribution in [3.05, 3.63) is 52.6 Å². The zero-order valence-corrected chi connectivity index (χ0v) is 9.92. The smallest absolute Gasteiger partial charge is 0.127 e. The van der Waals surface area contributed by atoms with Crippen LogP contribution in [0.25, 0.3) is 0 Å². The second-order valence-corrected chi connectivity index (χ2v) is 4.15. The van der Waals surface area contributed by atoms with Crippen molar-refractivity contribution in [1.82, 2.24) is 0 Å². The van der Waals surface area contributed by atoms with E-state index in [0.717, 1.165) is 36.0 Å². The van der Waals surface area contributed by atoms with Crippen molar-refractivity contribution >= 4 is 5.94 Å². The third kappa shape index (κ3) is 2.75. The first kappa shape index (κ1) is 11.5. The number of hydrogen-bond acceptors (Lipinski definition) is 1. The van der Waals surface area contributed by atoms with Crippen LogP contribution in [0.5, 0.6) is 0 Å². The Hall–Kier alpha value is -2.03. The van der Waals surface area contributed by atoms with Crippen molar-refractivity contribution in [2.45, 2.75) is 26.2 Å². The fraction of sp³-hybridized carbons (Fsp3) is 0.250. The number of hydrogen-bond donors (Lipinski definition) is 0. The van der Waals surface area contributed by atoms with E-state index >= 15 is 0 Å². The molecule has 0 N–H and O–H groups in total. The summed E-state index contributed by atoms with van der Waals surface area (Å²) in [5, 5.41) is 0. The lowest BCUT2D eigenvalue weighted by Gasteiger charge is -1.97. The average Bonchev–Trinajstić information content (AvgIpc) is 2.85. The summed E-state index contributed by atoms with van der Waals surface area (Å²) in [6.07, 6.45) is 3.03. The van der Waals surface area contributed by atoms with Gasteiger partial charge in [0.05, 0.1) is 0 Å². The third-order valence-corrected chi connectivity index (χ3v) is 2.96. The molecule has 0 unspecified atom stereocenters. The second kappa shape index (κ2) is 5.34. The van der Waals surface area contributed by atoms with Crippen LogP contribution in [0.4, 0.5) is 0 Å². The Balaban J connectivity index is 2.30. The monoisotopic (exact) mass is 222 g/mol. The summed E-state index contributed by atoms with van der Waals surface area (Å²) in [6, 6.07) is 9.91. The predicted octanol–water partition coefficient (Wildman–Crippen LogP) is 3.30. The zero-order chi connectivity index (χ0) is 12.1. The van der Waals surface area contributed by atoms with Gasteiger partial charge in [-0.3, -0.25) is 0 Å². The van der Waals surface area contributed by atoms with Crippen molar-refractivity contribution in [3.8, 4) is 11.8 Å². The van der Waals surface area contributed by atoms with Gasteiger partial charge in [0, 0.05) is 16.7 Å². The number of rotatable bonds is 1. The molecule has 2 rings (SSSR count). The van der Waals surface area contributed by atoms with Gasteiger partial charge in [-0.2, -0.15) is 0 Å². The average molecular weight is 222 g/mol. The second-order valence-electron chi connectivity index (χ2n) is 4.15. The molecule has 0 heterocycles. The summed E-state index contributed by atoms with van der Waals surface area (Å²) in [5.41, 5.74) is 3.93. The van der Waals surface area contributed by atoms with Crippen molar-refractivity contribution in [3.63, 3.8) is 0 Å². The number of carbonyl (C=O) groups excluding carboxylic acids is 1. The Kier molecular flexibility index (Phi) is 3.60. The van der Waals surface area contributed by atoms with Gasteiger partial charge in [-0.25, -0.2) is 4.79 Å². The summed E-state index contributed by atoms with van der Waals surface area (Å²) >= 11 is 0. The standard InChI is InChI=1S/C16H14O/c1-13(12-17)16-9-5-8-15(16)11-10-14-6-3-2-4-7-14/h2-4,6-7H,5,8-9H2,1H3. The highest BCUT2D eigenvalue weighted by molar-refractivity contribution is 5.63. The van der Waals surface area contributed by atoms with E-state index < -0.39 is 0 Å². The van der Waals surface area contributed by atoms with Crippen LogP contribution in [0.15, 0.2) is 47.1 Å². The molecule has 0 bridgehead atoms. The maximum atomic E-state index is 10.7. The lowest BCUT2D eigenvalue weighted by molar-refractivity contribution is 0.567. The molecule has 1 aliphatic carbocycles. The number of benzene rings is 1. The minimum atomic E-state index is 0.708. The maximum absolute atomic E-state index is 10.7. The molecule has 1 heteroatoms. The molecule has 0 saturated heterocycles. The van der Waals surface area contributed by atoms with Crippen LogP contribution in [0.2, 0.25) is 0 Å². The van der Waals surface area contributed by atoms with E-state index in [4.69, 9.17) is 0 Å². The van der Waals surface area contributed by atoms with E-state index in [9.17, 15) is 4.79 Å². The van der Waals surface area contributed by atoms with Gasteiger partial charge in [0.15, 0.2) is 0 Å². The van der Waals surface area contributed by atoms with Gasteiger partial charge in [0.2, 0.25) is 0 Å². The van der Waals surface area contributed by atoms with Gasteiger partial charge in [-0.05, 0) is 43.9 Å². The molecule has 1 aromatic rings. The van der Waals surface area contributed by atoms with Gasteiger partial charge in [0.25, 0.3) is 0 Å². The van der Waals surface area contributed by atoms with Crippen LogP contribution in [-0.2, 0) is 4.79 Å². The van der Waals surface area contributed by atoms with E-state index in [0.29, 0.717) is 5.57 Å². The first-order valence-corrected chi connectivity index (χ1v) is 5.82. The quantitative estimate of drug-likeness (QED) is 0.526. The maximum Gasteiger partial charge on any atom is 0.127 e. The van der Waals surface area contributed by atoms with Crippen molar-refractivity contribution < 1.29 is 4.79 Å². The Morgan fingerprint density at radius 3 is 2.59 bits per heavy atom. The Morgan fingerprint density at radius 1 is 1.12 bits per heavy atom. The molecule has 0 aliphatic heterocycles. The molecule has 1 nitrogen and oxygen atoms in total. The number of allylic oxidation sites excluding steroid dienone is 3. The normalized spacial score (nSPS) is 13.9. The van der Waals surface area contributed by atoms with E-state index in [-0.39, 0.29) is 0 Å². The molecule has 0 spiro atoms. The predicted molar refractivity (Wildman–Crippen MR) is 69.1 cm³/mol. The topological polar surface area (TPSA) is 17.1 Å². The molecular weight excluding hydrogens is 208 g/mol. The van der Waals surface area contributed by atoms with Gasteiger partial charge >= 0.3 is 0 Å². The van der Waals surface area contributed by atoms with Crippen LogP contribution < -0.4 is 0 Å². The van der Waals surface area contributed by atoms with Crippen LogP contribution in [-0.4, -0.2) is 5.94 Å². The first-order chi connectivity index (χ1) is 8.31. The third-order valence-electron chi connectivity index (χ3n) is 2.96. The van der Waals surface area contributed by atoms with Crippen molar-refractivity contribution in [2.75, 3.05) is 0 Å². The summed E-state index contributed by atoms with van der Waals surface area (Å²) in [5.74, 6) is 8.31. The van der Waals surface area contributed by atoms with E-state index in [1.165, 1.54) is 0 Å². The van der Waals surface area contributed by atoms with Gasteiger partial charge in [0.1, 0.15) is 5.94 Å². The van der Waals surface area contributed by atoms with Crippen molar-refractivity contribution in [1.29, 1.82) is 0 Å². The first-order valence-electron chi connectivity index (χ1n) is 5.82. The lowest BCUT2D eigenvalue weighted by Crippen LogP contribution is -1.85. The van der Waals surface area contributed by atoms with Crippen molar-refractivity contribution in [2.24, 2.45) is 0 Å². The fourth-order valence-corrected chi connectivity index (χ4v) is 2.03. The molecule has 0 saturated carbocycles. The Morgan fingerprint density at radius 2 is 1.88 bits per heavy atom. The molecule has 1 aromatic carbocycles. The lowest BCUT2D eigenvalue weighted by atomic mass is 10.1. The minimum absolute atomic E-state index is 0.708. The minimum Gasteiger partial charge on any atom is -0.233 e. The highest BCUT2D eigenvalue weighted by Crippen LogP contribution is 2.29. The van der Waals surface area contributed by atoms with Gasteiger partial charge < -0.3 is 0 Å². The summed E-state index contributed by atoms with van der Waals surface area (Å²) in [6.45, 7) is 1.82. The molecule has 0 atom stereocenters. The molecular formula is C16H14O. The van der Waals surface area contributed by atoms with Crippen LogP contribution in [0.1, 0.15) is 31.7 Å². The molecule has 1 aliphatic rings. The summed E-state index contributed by atoms with van der Waals surface area (Å²) in [4.78, 5) is 10.7. The van der Waals surface area contributed by atoms with Gasteiger partial charge in [-0.1, -0.05) is 30.0 Å². The molecule has 84 valence electrons. The molecule has 0 aromatic heterocycles. The van der Waals surface area contributed by atoms with E-state index in [2.05, 4.69) is 11.8 Å². The van der Waals surface area contributed by atoms with Crippen LogP contribution in [0, 0.1) is 11.8 Å². The summed E-state index contributed by atoms with van der Waals surface area (Å²) in [7, 11) is 0. The highest BCUT2D eigenvalue weighted by Gasteiger charge is 2.14. The summed E-state index contributed by atoms with van der Waals surface area (Å²) < 4.78 is 0. The van der Waals surface area contributed by atoms with Gasteiger partial charge in [-0.15, -0.1) is 0 Å². The molecule has 0 fully saturated rings. The molecule has 0 radical (unpaired) electrons. The van der Waals surface area contributed by atoms with Crippen LogP contribution >= 0.6 is 0 Å². The van der Waals surface area contributed by atoms with E-state index in [1.54, 1.807) is 0 Å². The fourth-order valence-electron chi connectivity index (χ4n) is 2.03. The zero-order valence-electron chi connectivity index (χ0n) is 9.92.